The first-order valence-corrected chi connectivity index (χ1v) is 24.7. The van der Waals surface area contributed by atoms with Crippen molar-refractivity contribution in [2.75, 3.05) is 38.6 Å². The first-order valence-electron chi connectivity index (χ1n) is 23.4. The lowest BCUT2D eigenvalue weighted by molar-refractivity contribution is -0.164. The smallest absolute Gasteiger partial charge is 0.315 e. The van der Waals surface area contributed by atoms with Crippen molar-refractivity contribution >= 4 is 62.6 Å². The average molecular weight is 1060 g/mol. The number of carbonyl (C=O) groups excluding carboxylic acids is 4. The number of anilines is 1. The number of methoxy groups -OCH3 is 1. The molecule has 4 heterocycles. The molecule has 0 saturated carbocycles. The van der Waals surface area contributed by atoms with Gasteiger partial charge in [0.15, 0.2) is 5.75 Å². The molecule has 4 bridgehead atoms. The number of carbonyl (C=O) groups is 4. The summed E-state index contributed by atoms with van der Waals surface area (Å²) in [5, 5.41) is 53.7. The van der Waals surface area contributed by atoms with E-state index in [4.69, 9.17) is 23.9 Å². The lowest BCUT2D eigenvalue weighted by Crippen LogP contribution is -2.47. The zero-order valence-corrected chi connectivity index (χ0v) is 43.0. The van der Waals surface area contributed by atoms with Crippen molar-refractivity contribution in [2.24, 2.45) is 39.6 Å². The molecule has 6 rings (SSSR count). The maximum atomic E-state index is 14.9. The third-order valence-electron chi connectivity index (χ3n) is 13.8. The predicted octanol–water partition coefficient (Wildman–Crippen LogP) is 5.06. The second kappa shape index (κ2) is 21.2. The van der Waals surface area contributed by atoms with Crippen molar-refractivity contribution in [1.82, 2.24) is 10.2 Å². The molecular formula is C50H68IN5O12. The molecule has 2 aromatic carbocycles. The number of fused-ring (bicyclic) bond motifs is 1. The molecule has 4 aliphatic heterocycles. The Morgan fingerprint density at radius 1 is 0.985 bits per heavy atom. The van der Waals surface area contributed by atoms with Gasteiger partial charge in [0.05, 0.1) is 41.2 Å². The molecule has 372 valence electrons. The average Bonchev–Trinajstić information content (AvgIpc) is 3.79. The van der Waals surface area contributed by atoms with E-state index in [1.807, 2.05) is 13.8 Å². The number of allylic oxidation sites excluding steroid dienone is 2. The van der Waals surface area contributed by atoms with E-state index in [0.29, 0.717) is 42.1 Å². The number of nitrogens with zero attached hydrogens (tertiary/aromatic N) is 3. The van der Waals surface area contributed by atoms with Crippen molar-refractivity contribution in [3.05, 3.63) is 58.0 Å². The van der Waals surface area contributed by atoms with Gasteiger partial charge in [-0.15, -0.1) is 0 Å². The number of benzene rings is 2. The zero-order chi connectivity index (χ0) is 50.2. The van der Waals surface area contributed by atoms with Crippen LogP contribution in [0.15, 0.2) is 46.1 Å². The summed E-state index contributed by atoms with van der Waals surface area (Å²) in [7, 11) is 1.43. The molecule has 18 heteroatoms. The molecule has 6 N–H and O–H groups in total. The molecule has 0 radical (unpaired) electrons. The highest BCUT2D eigenvalue weighted by Crippen LogP contribution is 2.51. The van der Waals surface area contributed by atoms with Crippen LogP contribution in [-0.2, 0) is 28.6 Å². The molecule has 68 heavy (non-hydrogen) atoms. The number of aliphatic hydroxyl groups excluding tert-OH is 2. The van der Waals surface area contributed by atoms with Crippen LogP contribution in [0.2, 0.25) is 0 Å². The highest BCUT2D eigenvalue weighted by molar-refractivity contribution is 14.1. The molecule has 1 unspecified atom stereocenters. The van der Waals surface area contributed by atoms with Crippen LogP contribution in [0, 0.1) is 36.5 Å². The number of halogens is 1. The van der Waals surface area contributed by atoms with Crippen LogP contribution in [0.1, 0.15) is 97.5 Å². The Kier molecular flexibility index (Phi) is 16.4. The second-order valence-electron chi connectivity index (χ2n) is 19.6. The van der Waals surface area contributed by atoms with Crippen molar-refractivity contribution < 1.29 is 58.6 Å². The molecule has 2 amide bonds. The summed E-state index contributed by atoms with van der Waals surface area (Å²) in [6.45, 7) is 20.0. The van der Waals surface area contributed by atoms with Crippen molar-refractivity contribution in [3.8, 4) is 17.2 Å². The molecular weight excluding hydrogens is 989 g/mol. The SMILES string of the molecule is CO[C@H]1/C=C/O[C@@]2(C)Oc3c(C)c(O)c4c(O)c(c5c(c4c3C2=O)NC2(CCN(CC(C)I)CC2)N=5)=NC(=O)/C(C)=C\C=C\[C@H](C)[C@H](O)[C@@H](C)[C@@H](O)[C@@H](C)[C@H](OC(=O)CC(=O)NCC(C)C)[C@@H]1C. The van der Waals surface area contributed by atoms with Gasteiger partial charge < -0.3 is 54.9 Å². The fraction of sp³-hybridized carbons (Fsp3) is 0.600. The van der Waals surface area contributed by atoms with Crippen molar-refractivity contribution in [2.45, 2.75) is 128 Å². The summed E-state index contributed by atoms with van der Waals surface area (Å²) < 4.78 is 24.8. The van der Waals surface area contributed by atoms with Crippen molar-refractivity contribution in [3.63, 3.8) is 0 Å². The fourth-order valence-corrected chi connectivity index (χ4v) is 10.1. The number of rotatable bonds is 8. The van der Waals surface area contributed by atoms with Crippen LogP contribution >= 0.6 is 22.6 Å². The topological polar surface area (TPSA) is 238 Å². The first kappa shape index (κ1) is 52.7. The maximum Gasteiger partial charge on any atom is 0.315 e. The summed E-state index contributed by atoms with van der Waals surface area (Å²) in [6, 6.07) is 0. The Labute approximate surface area is 411 Å². The molecule has 4 aliphatic rings. The minimum Gasteiger partial charge on any atom is -0.507 e. The molecule has 0 aliphatic carbocycles. The van der Waals surface area contributed by atoms with Gasteiger partial charge in [0.1, 0.15) is 40.4 Å². The highest BCUT2D eigenvalue weighted by Gasteiger charge is 2.51. The number of ether oxygens (including phenoxy) is 4. The maximum absolute atomic E-state index is 14.9. The number of amides is 2. The number of esters is 1. The standard InChI is InChI=1S/C50H68IN5O12/c1-24(2)22-52-33(57)21-34(58)67-45-28(6)32(65-11)15-20-66-49(10)47(63)37-35-36(43(61)31(9)46(37)68-49)44(62)40(39-38(35)54-50(55-39)16-18-56(19-17-50)23-27(5)51)53-48(64)26(4)14-12-13-25(3)41(59)29(7)42(60)30(45)8/h12-15,20,24-25,27-30,32,41-42,45,54,59-62H,16-19,21-23H2,1-11H3,(H,52,57)/b13-12+,20-15+,26-14-,53-40?/t25-,27?,28+,29+,30+,32-,41-,42+,45+,49-/m0/s1. The van der Waals surface area contributed by atoms with Gasteiger partial charge in [-0.25, -0.2) is 4.99 Å². The van der Waals surface area contributed by atoms with E-state index < -0.39 is 101 Å². The Hall–Kier alpha value is -4.63. The Morgan fingerprint density at radius 3 is 2.29 bits per heavy atom. The second-order valence-corrected chi connectivity index (χ2v) is 21.7. The highest BCUT2D eigenvalue weighted by atomic mass is 127. The number of ketones is 1. The van der Waals surface area contributed by atoms with Crippen LogP contribution in [0.25, 0.3) is 10.8 Å². The Balaban J connectivity index is 1.49. The number of aromatic hydroxyl groups is 2. The van der Waals surface area contributed by atoms with Gasteiger partial charge in [0, 0.05) is 97.2 Å². The van der Waals surface area contributed by atoms with Gasteiger partial charge in [-0.05, 0) is 25.8 Å². The van der Waals surface area contributed by atoms with Gasteiger partial charge in [-0.3, -0.25) is 24.2 Å². The van der Waals surface area contributed by atoms with Gasteiger partial charge in [0.25, 0.3) is 11.7 Å². The van der Waals surface area contributed by atoms with Crippen LogP contribution in [0.4, 0.5) is 5.69 Å². The van der Waals surface area contributed by atoms with Crippen LogP contribution in [-0.4, -0.2) is 122 Å². The molecule has 17 nitrogen and oxygen atoms in total. The monoisotopic (exact) mass is 1060 g/mol. The first-order chi connectivity index (χ1) is 31.9. The number of hydrogen-bond donors (Lipinski definition) is 6. The largest absolute Gasteiger partial charge is 0.507 e. The fourth-order valence-electron chi connectivity index (χ4n) is 9.59. The number of aliphatic hydroxyl groups is 2. The number of phenolic OH excluding ortho intramolecular Hbond substituents is 2. The molecule has 1 spiro atoms. The van der Waals surface area contributed by atoms with E-state index in [9.17, 15) is 39.6 Å². The number of phenols is 2. The van der Waals surface area contributed by atoms with Crippen molar-refractivity contribution in [1.29, 1.82) is 0 Å². The molecule has 1 fully saturated rings. The lowest BCUT2D eigenvalue weighted by Gasteiger charge is -2.38. The number of alkyl halides is 1. The summed E-state index contributed by atoms with van der Waals surface area (Å²) in [4.78, 5) is 66.8. The minimum atomic E-state index is -2.01. The molecule has 2 aromatic rings. The predicted molar refractivity (Wildman–Crippen MR) is 263 cm³/mol. The van der Waals surface area contributed by atoms with Crippen LogP contribution < -0.4 is 26.1 Å². The van der Waals surface area contributed by atoms with E-state index >= 15 is 0 Å². The van der Waals surface area contributed by atoms with Gasteiger partial charge in [-0.2, -0.15) is 0 Å². The number of piperidine rings is 1. The van der Waals surface area contributed by atoms with Gasteiger partial charge in [-0.1, -0.05) is 89.3 Å². The van der Waals surface area contributed by atoms with Crippen LogP contribution in [0.3, 0.4) is 0 Å². The Bertz CT molecular complexity index is 2520. The zero-order valence-electron chi connectivity index (χ0n) is 40.9. The van der Waals surface area contributed by atoms with E-state index in [0.717, 1.165) is 6.54 Å². The summed E-state index contributed by atoms with van der Waals surface area (Å²) in [5.41, 5.74) is -0.242. The van der Waals surface area contributed by atoms with Crippen LogP contribution in [0.5, 0.6) is 17.2 Å². The third kappa shape index (κ3) is 10.7. The molecule has 10 atom stereocenters. The molecule has 0 aromatic heterocycles. The summed E-state index contributed by atoms with van der Waals surface area (Å²) in [5.74, 6) is -8.28. The number of likely N-dealkylation sites (tertiary alicyclic amines) is 1. The number of hydrogen-bond acceptors (Lipinski definition) is 15. The van der Waals surface area contributed by atoms with E-state index in [1.165, 1.54) is 32.4 Å². The van der Waals surface area contributed by atoms with Gasteiger partial charge >= 0.3 is 11.8 Å². The van der Waals surface area contributed by atoms with Gasteiger partial charge in [0.2, 0.25) is 5.91 Å². The Morgan fingerprint density at radius 2 is 1.66 bits per heavy atom. The summed E-state index contributed by atoms with van der Waals surface area (Å²) >= 11 is 2.40. The minimum absolute atomic E-state index is 0.0246. The normalized spacial score (nSPS) is 30.9. The molecule has 1 saturated heterocycles. The summed E-state index contributed by atoms with van der Waals surface area (Å²) in [6.07, 6.45) is 3.83. The quantitative estimate of drug-likeness (QED) is 0.0667. The lowest BCUT2D eigenvalue weighted by atomic mass is 9.78. The third-order valence-corrected chi connectivity index (χ3v) is 14.2. The number of Topliss-reactive ketones (excluding diaryl/α,β-unsaturated/α-hetero) is 1. The van der Waals surface area contributed by atoms with E-state index in [2.05, 4.69) is 50.0 Å². The van der Waals surface area contributed by atoms with E-state index in [-0.39, 0.29) is 49.9 Å². The number of nitrogens with one attached hydrogen (secondary N) is 2. The van der Waals surface area contributed by atoms with E-state index in [1.54, 1.807) is 53.7 Å².